The van der Waals surface area contributed by atoms with Crippen LogP contribution in [-0.2, 0) is 38.2 Å². The average Bonchev–Trinajstić information content (AvgIpc) is 3.26. The van der Waals surface area contributed by atoms with Crippen molar-refractivity contribution in [3.8, 4) is 0 Å². The predicted octanol–water partition coefficient (Wildman–Crippen LogP) is 3.22. The van der Waals surface area contributed by atoms with Gasteiger partial charge >= 0.3 is 29.8 Å². The monoisotopic (exact) mass is 571 g/mol. The molecule has 39 heavy (non-hydrogen) atoms. The van der Waals surface area contributed by atoms with Crippen LogP contribution in [0.4, 0.5) is 0 Å². The van der Waals surface area contributed by atoms with Gasteiger partial charge in [-0.05, 0) is 43.1 Å². The molecule has 1 heterocycles. The van der Waals surface area contributed by atoms with Crippen LogP contribution in [0.1, 0.15) is 65.2 Å². The molecule has 11 heteroatoms. The van der Waals surface area contributed by atoms with Crippen molar-refractivity contribution in [2.75, 3.05) is 13.2 Å². The van der Waals surface area contributed by atoms with Crippen molar-refractivity contribution in [3.63, 3.8) is 0 Å². The van der Waals surface area contributed by atoms with Crippen LogP contribution in [0.25, 0.3) is 0 Å². The van der Waals surface area contributed by atoms with E-state index in [1.54, 1.807) is 12.2 Å². The Morgan fingerprint density at radius 3 is 2.31 bits per heavy atom. The van der Waals surface area contributed by atoms with Crippen molar-refractivity contribution in [1.29, 1.82) is 0 Å². The number of carbonyl (C=O) groups excluding carboxylic acids is 3. The Morgan fingerprint density at radius 1 is 1.08 bits per heavy atom. The fraction of sp³-hybridized carbons (Fsp3) is 0.607. The van der Waals surface area contributed by atoms with Crippen molar-refractivity contribution < 1.29 is 48.4 Å². The van der Waals surface area contributed by atoms with Gasteiger partial charge in [-0.2, -0.15) is 0 Å². The summed E-state index contributed by atoms with van der Waals surface area (Å²) in [7, 11) is 0. The normalized spacial score (nSPS) is 30.0. The molecular weight excluding hydrogens is 535 g/mol. The van der Waals surface area contributed by atoms with Crippen LogP contribution in [0.2, 0.25) is 0 Å². The van der Waals surface area contributed by atoms with Gasteiger partial charge in [-0.3, -0.25) is 19.2 Å². The molecule has 0 amide bonds. The zero-order valence-corrected chi connectivity index (χ0v) is 26.0. The minimum Gasteiger partial charge on any atom is -0.481 e. The van der Waals surface area contributed by atoms with Crippen molar-refractivity contribution in [3.05, 3.63) is 36.0 Å². The minimum atomic E-state index is -1.11. The second kappa shape index (κ2) is 14.2. The van der Waals surface area contributed by atoms with Crippen LogP contribution in [0.3, 0.4) is 0 Å². The Balaban J connectivity index is 0.00000533. The van der Waals surface area contributed by atoms with Crippen LogP contribution in [0.5, 0.6) is 0 Å². The van der Waals surface area contributed by atoms with Crippen molar-refractivity contribution in [2.45, 2.75) is 71.3 Å². The van der Waals surface area contributed by atoms with Crippen LogP contribution >= 0.6 is 0 Å². The second-order valence-corrected chi connectivity index (χ2v) is 10.8. The molecule has 1 aliphatic heterocycles. The number of cyclic esters (lactones) is 1. The maximum absolute atomic E-state index is 12.5. The number of rotatable bonds is 11. The molecule has 0 aromatic carbocycles. The SMILES string of the molecule is C=C1CC[C@@H]2[C@](C)(COC(=O)CCC(=O)O)[C@H](OC(=O)CCC(=O)O)CC[C@@]2(C)[C@@H]1/C=C/C1=CCOC1=O.[K]. The molecule has 0 unspecified atom stereocenters. The first-order chi connectivity index (χ1) is 17.9. The summed E-state index contributed by atoms with van der Waals surface area (Å²) in [5, 5.41) is 17.8. The summed E-state index contributed by atoms with van der Waals surface area (Å²) >= 11 is 0. The van der Waals surface area contributed by atoms with Gasteiger partial charge in [-0.15, -0.1) is 0 Å². The van der Waals surface area contributed by atoms with Gasteiger partial charge in [0.05, 0.1) is 31.3 Å². The van der Waals surface area contributed by atoms with E-state index < -0.39 is 35.4 Å². The fourth-order valence-electron chi connectivity index (χ4n) is 6.30. The molecule has 1 radical (unpaired) electrons. The molecule has 3 aliphatic rings. The van der Waals surface area contributed by atoms with E-state index in [2.05, 4.69) is 13.5 Å². The molecule has 0 saturated heterocycles. The number of hydrogen-bond acceptors (Lipinski definition) is 8. The number of hydrogen-bond donors (Lipinski definition) is 2. The van der Waals surface area contributed by atoms with Gasteiger partial charge in [0, 0.05) is 62.7 Å². The average molecular weight is 572 g/mol. The van der Waals surface area contributed by atoms with E-state index in [0.717, 1.165) is 5.57 Å². The molecule has 3 rings (SSSR count). The quantitative estimate of drug-likeness (QED) is 0.164. The van der Waals surface area contributed by atoms with Gasteiger partial charge in [-0.1, -0.05) is 38.2 Å². The molecule has 0 bridgehead atoms. The Morgan fingerprint density at radius 2 is 1.72 bits per heavy atom. The number of fused-ring (bicyclic) bond motifs is 1. The standard InChI is InChI=1S/C28H36O10.K/c1-17-4-7-20-27(2,19(17)6-5-18-13-15-36-26(18)35)14-12-21(38-25(34)11-9-23(31)32)28(20,3)16-37-24(33)10-8-22(29)30;/h5-6,13,19-21H,1,4,7-12,14-16H2,2-3H3,(H,29,30)(H,31,32);/b6-5+;/t19-,20+,21-,27+,28+;/m1./s1. The Hall–Kier alpha value is -1.79. The molecule has 2 N–H and O–H groups in total. The minimum absolute atomic E-state index is 0. The van der Waals surface area contributed by atoms with Crippen LogP contribution < -0.4 is 0 Å². The van der Waals surface area contributed by atoms with Crippen LogP contribution in [-0.4, -0.2) is 111 Å². The number of carboxylic acids is 2. The summed E-state index contributed by atoms with van der Waals surface area (Å²) in [4.78, 5) is 58.6. The molecular formula is C28H36KO10. The molecule has 2 fully saturated rings. The molecule has 0 aromatic heterocycles. The number of carbonyl (C=O) groups is 5. The van der Waals surface area contributed by atoms with E-state index in [1.807, 2.05) is 13.0 Å². The third-order valence-corrected chi connectivity index (χ3v) is 8.30. The van der Waals surface area contributed by atoms with Gasteiger partial charge in [-0.25, -0.2) is 4.79 Å². The Labute approximate surface area is 270 Å². The largest absolute Gasteiger partial charge is 0.481 e. The number of carboxylic acid groups (broad SMARTS) is 2. The number of esters is 3. The molecule has 0 aromatic rings. The summed E-state index contributed by atoms with van der Waals surface area (Å²) < 4.78 is 16.4. The first kappa shape index (κ1) is 33.4. The summed E-state index contributed by atoms with van der Waals surface area (Å²) in [6, 6.07) is 0. The van der Waals surface area contributed by atoms with Crippen molar-refractivity contribution in [2.24, 2.45) is 22.7 Å². The fourth-order valence-corrected chi connectivity index (χ4v) is 6.30. The maximum atomic E-state index is 12.5. The first-order valence-corrected chi connectivity index (χ1v) is 12.9. The van der Waals surface area contributed by atoms with E-state index in [-0.39, 0.29) is 114 Å². The van der Waals surface area contributed by atoms with Crippen LogP contribution in [0.15, 0.2) is 36.0 Å². The van der Waals surface area contributed by atoms with Gasteiger partial charge in [0.15, 0.2) is 0 Å². The van der Waals surface area contributed by atoms with Gasteiger partial charge in [0.2, 0.25) is 0 Å². The van der Waals surface area contributed by atoms with Gasteiger partial charge in [0.1, 0.15) is 19.3 Å². The smallest absolute Gasteiger partial charge is 0.338 e. The Kier molecular flexibility index (Phi) is 12.2. The maximum Gasteiger partial charge on any atom is 0.338 e. The third-order valence-electron chi connectivity index (χ3n) is 8.30. The van der Waals surface area contributed by atoms with Crippen molar-refractivity contribution in [1.82, 2.24) is 0 Å². The van der Waals surface area contributed by atoms with E-state index in [0.29, 0.717) is 31.3 Å². The first-order valence-electron chi connectivity index (χ1n) is 12.9. The number of ether oxygens (including phenoxy) is 3. The van der Waals surface area contributed by atoms with Crippen LogP contribution in [0, 0.1) is 22.7 Å². The molecule has 2 saturated carbocycles. The van der Waals surface area contributed by atoms with E-state index in [9.17, 15) is 24.0 Å². The zero-order chi connectivity index (χ0) is 28.1. The molecule has 209 valence electrons. The van der Waals surface area contributed by atoms with Gasteiger partial charge < -0.3 is 24.4 Å². The zero-order valence-electron chi connectivity index (χ0n) is 22.9. The van der Waals surface area contributed by atoms with E-state index >= 15 is 0 Å². The molecule has 2 aliphatic carbocycles. The molecule has 0 spiro atoms. The second-order valence-electron chi connectivity index (χ2n) is 10.8. The molecule has 10 nitrogen and oxygen atoms in total. The van der Waals surface area contributed by atoms with Crippen molar-refractivity contribution >= 4 is 81.2 Å². The summed E-state index contributed by atoms with van der Waals surface area (Å²) in [5.41, 5.74) is 0.328. The summed E-state index contributed by atoms with van der Waals surface area (Å²) in [6.07, 6.45) is 6.10. The van der Waals surface area contributed by atoms with E-state index in [4.69, 9.17) is 24.4 Å². The Bertz CT molecular complexity index is 1060. The predicted molar refractivity (Wildman–Crippen MR) is 139 cm³/mol. The van der Waals surface area contributed by atoms with Gasteiger partial charge in [0.25, 0.3) is 0 Å². The number of allylic oxidation sites excluding steroid dienone is 2. The molecule has 5 atom stereocenters. The van der Waals surface area contributed by atoms with E-state index in [1.165, 1.54) is 0 Å². The summed E-state index contributed by atoms with van der Waals surface area (Å²) in [6.45, 7) is 8.49. The summed E-state index contributed by atoms with van der Waals surface area (Å²) in [5.74, 6) is -4.05. The topological polar surface area (TPSA) is 154 Å². The third kappa shape index (κ3) is 8.13. The number of aliphatic carboxylic acids is 2.